The van der Waals surface area contributed by atoms with Crippen molar-refractivity contribution in [3.8, 4) is 5.75 Å². The van der Waals surface area contributed by atoms with E-state index in [2.05, 4.69) is 0 Å². The highest BCUT2D eigenvalue weighted by atomic mass is 35.5. The molecule has 0 bridgehead atoms. The summed E-state index contributed by atoms with van der Waals surface area (Å²) in [7, 11) is 0.996. The Hall–Kier alpha value is -1.01. The van der Waals surface area contributed by atoms with Gasteiger partial charge in [0.05, 0.1) is 29.9 Å². The molecule has 0 unspecified atom stereocenters. The molecule has 1 aliphatic rings. The molecule has 6 heteroatoms. The second kappa shape index (κ2) is 6.24. The average molecular weight is 325 g/mol. The Morgan fingerprint density at radius 1 is 1.27 bits per heavy atom. The van der Waals surface area contributed by atoms with Crippen molar-refractivity contribution in [1.82, 2.24) is 0 Å². The Kier molecular flexibility index (Phi) is 4.92. The molecule has 1 N–H and O–H groups in total. The lowest BCUT2D eigenvalue weighted by Crippen LogP contribution is -2.41. The Morgan fingerprint density at radius 2 is 1.86 bits per heavy atom. The van der Waals surface area contributed by atoms with Crippen molar-refractivity contribution in [2.24, 2.45) is 0 Å². The standard InChI is InChI=1S/C16H22BClO4/c1-15(2)16(3,4)22-17(21-15)12(10-19)8-11-6-7-14(20-5)13(18)9-11/h6-9,19H,10H2,1-5H3. The number of hydrogen-bond acceptors (Lipinski definition) is 4. The van der Waals surface area contributed by atoms with Gasteiger partial charge in [0.25, 0.3) is 0 Å². The molecule has 1 saturated heterocycles. The summed E-state index contributed by atoms with van der Waals surface area (Å²) in [5.41, 5.74) is 0.622. The van der Waals surface area contributed by atoms with Crippen LogP contribution in [0.2, 0.25) is 5.02 Å². The number of benzene rings is 1. The van der Waals surface area contributed by atoms with Crippen LogP contribution in [0.15, 0.2) is 23.7 Å². The first-order valence-corrected chi connectivity index (χ1v) is 7.58. The zero-order chi connectivity index (χ0) is 16.5. The zero-order valence-corrected chi connectivity index (χ0v) is 14.4. The van der Waals surface area contributed by atoms with Crippen LogP contribution in [-0.2, 0) is 9.31 Å². The molecule has 0 radical (unpaired) electrons. The normalized spacial score (nSPS) is 20.3. The summed E-state index contributed by atoms with van der Waals surface area (Å²) in [6, 6.07) is 5.43. The van der Waals surface area contributed by atoms with E-state index < -0.39 is 18.3 Å². The van der Waals surface area contributed by atoms with E-state index in [9.17, 15) is 5.11 Å². The lowest BCUT2D eigenvalue weighted by Gasteiger charge is -2.32. The molecule has 2 rings (SSSR count). The SMILES string of the molecule is COc1ccc(C=C(CO)B2OC(C)(C)C(C)(C)O2)cc1Cl. The van der Waals surface area contributed by atoms with E-state index in [-0.39, 0.29) is 6.61 Å². The van der Waals surface area contributed by atoms with Crippen molar-refractivity contribution >= 4 is 24.8 Å². The minimum atomic E-state index is -0.573. The summed E-state index contributed by atoms with van der Waals surface area (Å²) in [5.74, 6) is 0.611. The fraction of sp³-hybridized carbons (Fsp3) is 0.500. The predicted molar refractivity (Wildman–Crippen MR) is 89.1 cm³/mol. The van der Waals surface area contributed by atoms with Crippen LogP contribution in [0.3, 0.4) is 0 Å². The topological polar surface area (TPSA) is 47.9 Å². The molecule has 0 aromatic heterocycles. The van der Waals surface area contributed by atoms with Gasteiger partial charge in [0.2, 0.25) is 0 Å². The van der Waals surface area contributed by atoms with E-state index >= 15 is 0 Å². The van der Waals surface area contributed by atoms with E-state index in [4.69, 9.17) is 25.6 Å². The second-order valence-electron chi connectivity index (χ2n) is 6.36. The van der Waals surface area contributed by atoms with Gasteiger partial charge in [-0.3, -0.25) is 0 Å². The number of aliphatic hydroxyl groups excluding tert-OH is 1. The molecule has 1 aromatic rings. The number of halogens is 1. The lowest BCUT2D eigenvalue weighted by atomic mass is 9.77. The van der Waals surface area contributed by atoms with Crippen LogP contribution in [0.4, 0.5) is 0 Å². The molecule has 0 atom stereocenters. The number of aliphatic hydroxyl groups is 1. The van der Waals surface area contributed by atoms with E-state index in [1.54, 1.807) is 19.2 Å². The molecule has 1 aromatic carbocycles. The van der Waals surface area contributed by atoms with Gasteiger partial charge in [-0.15, -0.1) is 0 Å². The van der Waals surface area contributed by atoms with Gasteiger partial charge in [-0.1, -0.05) is 23.7 Å². The molecule has 120 valence electrons. The third-order valence-electron chi connectivity index (χ3n) is 4.27. The highest BCUT2D eigenvalue weighted by molar-refractivity contribution is 6.55. The van der Waals surface area contributed by atoms with Crippen LogP contribution in [0.1, 0.15) is 33.3 Å². The van der Waals surface area contributed by atoms with Gasteiger partial charge in [0.1, 0.15) is 5.75 Å². The quantitative estimate of drug-likeness (QED) is 0.863. The summed E-state index contributed by atoms with van der Waals surface area (Å²) in [6.07, 6.45) is 1.83. The van der Waals surface area contributed by atoms with Gasteiger partial charge in [-0.05, 0) is 50.9 Å². The fourth-order valence-corrected chi connectivity index (χ4v) is 2.44. The first-order valence-electron chi connectivity index (χ1n) is 7.20. The minimum Gasteiger partial charge on any atom is -0.495 e. The van der Waals surface area contributed by atoms with E-state index in [1.165, 1.54) is 0 Å². The predicted octanol–water partition coefficient (Wildman–Crippen LogP) is 3.36. The van der Waals surface area contributed by atoms with Crippen molar-refractivity contribution in [2.75, 3.05) is 13.7 Å². The Balaban J connectivity index is 2.27. The third-order valence-corrected chi connectivity index (χ3v) is 4.56. The number of methoxy groups -OCH3 is 1. The summed E-state index contributed by atoms with van der Waals surface area (Å²) < 4.78 is 17.0. The van der Waals surface area contributed by atoms with Gasteiger partial charge >= 0.3 is 7.12 Å². The van der Waals surface area contributed by atoms with E-state index in [0.717, 1.165) is 5.56 Å². The van der Waals surface area contributed by atoms with Gasteiger partial charge in [-0.2, -0.15) is 0 Å². The summed E-state index contributed by atoms with van der Waals surface area (Å²) >= 11 is 6.13. The third kappa shape index (κ3) is 3.33. The molecule has 0 amide bonds. The summed E-state index contributed by atoms with van der Waals surface area (Å²) in [6.45, 7) is 7.76. The summed E-state index contributed by atoms with van der Waals surface area (Å²) in [5, 5.41) is 10.2. The molecule has 0 saturated carbocycles. The van der Waals surface area contributed by atoms with Gasteiger partial charge in [-0.25, -0.2) is 0 Å². The van der Waals surface area contributed by atoms with E-state index in [0.29, 0.717) is 16.2 Å². The Morgan fingerprint density at radius 3 is 2.32 bits per heavy atom. The second-order valence-corrected chi connectivity index (χ2v) is 6.77. The zero-order valence-electron chi connectivity index (χ0n) is 13.6. The summed E-state index contributed by atoms with van der Waals surface area (Å²) in [4.78, 5) is 0. The number of hydrogen-bond donors (Lipinski definition) is 1. The molecular weight excluding hydrogens is 302 g/mol. The molecule has 22 heavy (non-hydrogen) atoms. The first kappa shape index (κ1) is 17.4. The molecular formula is C16H22BClO4. The van der Waals surface area contributed by atoms with Crippen LogP contribution in [0, 0.1) is 0 Å². The van der Waals surface area contributed by atoms with Crippen molar-refractivity contribution in [3.05, 3.63) is 34.3 Å². The van der Waals surface area contributed by atoms with Crippen LogP contribution in [-0.4, -0.2) is 37.1 Å². The minimum absolute atomic E-state index is 0.152. The van der Waals surface area contributed by atoms with Crippen molar-refractivity contribution < 1.29 is 19.2 Å². The fourth-order valence-electron chi connectivity index (χ4n) is 2.17. The van der Waals surface area contributed by atoms with Crippen molar-refractivity contribution in [1.29, 1.82) is 0 Å². The first-order chi connectivity index (χ1) is 10.2. The lowest BCUT2D eigenvalue weighted by molar-refractivity contribution is 0.00578. The molecule has 0 aliphatic carbocycles. The maximum absolute atomic E-state index is 9.67. The van der Waals surface area contributed by atoms with Crippen LogP contribution < -0.4 is 4.74 Å². The van der Waals surface area contributed by atoms with Crippen LogP contribution >= 0.6 is 11.6 Å². The van der Waals surface area contributed by atoms with Crippen molar-refractivity contribution in [2.45, 2.75) is 38.9 Å². The van der Waals surface area contributed by atoms with Crippen LogP contribution in [0.25, 0.3) is 6.08 Å². The van der Waals surface area contributed by atoms with Crippen LogP contribution in [0.5, 0.6) is 5.75 Å². The highest BCUT2D eigenvalue weighted by Crippen LogP contribution is 2.38. The monoisotopic (exact) mass is 324 g/mol. The molecule has 1 heterocycles. The number of ether oxygens (including phenoxy) is 1. The molecule has 1 aliphatic heterocycles. The van der Waals surface area contributed by atoms with Gasteiger partial charge in [0.15, 0.2) is 0 Å². The highest BCUT2D eigenvalue weighted by Gasteiger charge is 2.52. The maximum Gasteiger partial charge on any atom is 0.492 e. The smallest absolute Gasteiger partial charge is 0.492 e. The number of rotatable bonds is 4. The molecule has 1 fully saturated rings. The van der Waals surface area contributed by atoms with E-state index in [1.807, 2.05) is 39.8 Å². The van der Waals surface area contributed by atoms with Gasteiger partial charge in [0, 0.05) is 0 Å². The molecule has 0 spiro atoms. The maximum atomic E-state index is 9.67. The average Bonchev–Trinajstić information content (AvgIpc) is 2.65. The Bertz CT molecular complexity index is 568. The Labute approximate surface area is 137 Å². The largest absolute Gasteiger partial charge is 0.495 e. The van der Waals surface area contributed by atoms with Crippen molar-refractivity contribution in [3.63, 3.8) is 0 Å². The van der Waals surface area contributed by atoms with Gasteiger partial charge < -0.3 is 19.2 Å². The molecule has 4 nitrogen and oxygen atoms in total.